The number of aromatic nitrogens is 5. The molecule has 0 atom stereocenters. The van der Waals surface area contributed by atoms with Gasteiger partial charge in [-0.2, -0.15) is 9.97 Å². The van der Waals surface area contributed by atoms with Gasteiger partial charge >= 0.3 is 6.03 Å². The molecule has 0 radical (unpaired) electrons. The molecule has 0 spiro atoms. The molecule has 4 rings (SSSR count). The first-order valence-corrected chi connectivity index (χ1v) is 11.1. The van der Waals surface area contributed by atoms with Gasteiger partial charge in [0.1, 0.15) is 23.0 Å². The van der Waals surface area contributed by atoms with Gasteiger partial charge in [0.25, 0.3) is 0 Å². The molecule has 2 amide bonds. The SMILES string of the molecule is Cc1noc(C)c1NC(=O)NCCN(C)CCNc1cc(-n2cccc2)nc(-n2cccc2)n1. The van der Waals surface area contributed by atoms with Crippen LogP contribution in [0.3, 0.4) is 0 Å². The Balaban J connectivity index is 1.26. The van der Waals surface area contributed by atoms with E-state index >= 15 is 0 Å². The minimum Gasteiger partial charge on any atom is -0.369 e. The number of likely N-dealkylation sites (N-methyl/N-ethyl adjacent to an activating group) is 1. The number of nitrogens with zero attached hydrogens (tertiary/aromatic N) is 6. The van der Waals surface area contributed by atoms with Crippen LogP contribution in [0.25, 0.3) is 11.8 Å². The second kappa shape index (κ2) is 10.7. The van der Waals surface area contributed by atoms with Crippen molar-refractivity contribution in [3.63, 3.8) is 0 Å². The van der Waals surface area contributed by atoms with Crippen LogP contribution in [0.4, 0.5) is 16.3 Å². The highest BCUT2D eigenvalue weighted by molar-refractivity contribution is 5.90. The van der Waals surface area contributed by atoms with Gasteiger partial charge in [-0.15, -0.1) is 0 Å². The Labute approximate surface area is 197 Å². The molecule has 178 valence electrons. The van der Waals surface area contributed by atoms with Crippen LogP contribution in [0, 0.1) is 13.8 Å². The summed E-state index contributed by atoms with van der Waals surface area (Å²) in [4.78, 5) is 23.6. The van der Waals surface area contributed by atoms with Gasteiger partial charge in [0.05, 0.1) is 0 Å². The molecule has 0 unspecified atom stereocenters. The van der Waals surface area contributed by atoms with Gasteiger partial charge in [-0.05, 0) is 45.2 Å². The summed E-state index contributed by atoms with van der Waals surface area (Å²) in [5.41, 5.74) is 1.26. The normalized spacial score (nSPS) is 11.1. The van der Waals surface area contributed by atoms with Crippen molar-refractivity contribution in [2.24, 2.45) is 0 Å². The van der Waals surface area contributed by atoms with Gasteiger partial charge in [0.15, 0.2) is 5.76 Å². The number of nitrogens with one attached hydrogen (secondary N) is 3. The molecule has 0 aliphatic carbocycles. The average Bonchev–Trinajstić information content (AvgIpc) is 3.59. The summed E-state index contributed by atoms with van der Waals surface area (Å²) < 4.78 is 8.89. The van der Waals surface area contributed by atoms with Crippen LogP contribution >= 0.6 is 0 Å². The van der Waals surface area contributed by atoms with E-state index in [-0.39, 0.29) is 6.03 Å². The van der Waals surface area contributed by atoms with Crippen LogP contribution in [0.2, 0.25) is 0 Å². The number of hydrogen-bond acceptors (Lipinski definition) is 7. The summed E-state index contributed by atoms with van der Waals surface area (Å²) in [5.74, 6) is 2.71. The Morgan fingerprint density at radius 3 is 2.35 bits per heavy atom. The van der Waals surface area contributed by atoms with E-state index in [0.717, 1.165) is 18.2 Å². The minimum atomic E-state index is -0.281. The second-order valence-corrected chi connectivity index (χ2v) is 7.90. The molecule has 0 aliphatic heterocycles. The molecule has 0 aromatic carbocycles. The molecule has 11 nitrogen and oxygen atoms in total. The Morgan fingerprint density at radius 2 is 1.68 bits per heavy atom. The summed E-state index contributed by atoms with van der Waals surface area (Å²) in [6, 6.07) is 9.45. The molecule has 0 bridgehead atoms. The first-order chi connectivity index (χ1) is 16.5. The summed E-state index contributed by atoms with van der Waals surface area (Å²) in [6.45, 7) is 6.22. The predicted molar refractivity (Wildman–Crippen MR) is 130 cm³/mol. The standard InChI is InChI=1S/C23H29N9O2/c1-17-21(18(2)34-29-17)28-23(33)25-9-15-30(3)14-8-24-19-16-20(31-10-4-5-11-31)27-22(26-19)32-12-6-7-13-32/h4-7,10-13,16H,8-9,14-15H2,1-3H3,(H,24,26,27)(H2,25,28,33). The Morgan fingerprint density at radius 1 is 1.00 bits per heavy atom. The van der Waals surface area contributed by atoms with Crippen molar-refractivity contribution in [2.45, 2.75) is 13.8 Å². The monoisotopic (exact) mass is 463 g/mol. The van der Waals surface area contributed by atoms with Crippen LogP contribution in [-0.2, 0) is 0 Å². The maximum Gasteiger partial charge on any atom is 0.319 e. The molecular formula is C23H29N9O2. The molecular weight excluding hydrogens is 434 g/mol. The van der Waals surface area contributed by atoms with Gasteiger partial charge in [0, 0.05) is 57.0 Å². The van der Waals surface area contributed by atoms with E-state index in [9.17, 15) is 4.79 Å². The largest absolute Gasteiger partial charge is 0.369 e. The maximum absolute atomic E-state index is 12.1. The topological polar surface area (TPSA) is 118 Å². The number of carbonyl (C=O) groups excluding carboxylic acids is 1. The molecule has 0 aliphatic rings. The van der Waals surface area contributed by atoms with E-state index in [0.29, 0.717) is 42.7 Å². The molecule has 34 heavy (non-hydrogen) atoms. The third kappa shape index (κ3) is 5.81. The molecule has 3 N–H and O–H groups in total. The van der Waals surface area contributed by atoms with Crippen molar-refractivity contribution >= 4 is 17.5 Å². The number of carbonyl (C=O) groups is 1. The Kier molecular flexibility index (Phi) is 7.23. The third-order valence-electron chi connectivity index (χ3n) is 5.26. The minimum absolute atomic E-state index is 0.281. The quantitative estimate of drug-likeness (QED) is 0.331. The zero-order valence-corrected chi connectivity index (χ0v) is 19.5. The smallest absolute Gasteiger partial charge is 0.319 e. The van der Waals surface area contributed by atoms with E-state index in [1.807, 2.05) is 71.3 Å². The van der Waals surface area contributed by atoms with Crippen LogP contribution in [0.15, 0.2) is 59.6 Å². The lowest BCUT2D eigenvalue weighted by atomic mass is 10.3. The number of amides is 2. The van der Waals surface area contributed by atoms with Crippen LogP contribution in [0.5, 0.6) is 0 Å². The van der Waals surface area contributed by atoms with Crippen molar-refractivity contribution in [1.29, 1.82) is 0 Å². The molecule has 4 aromatic heterocycles. The zero-order chi connectivity index (χ0) is 23.9. The molecule has 0 fully saturated rings. The van der Waals surface area contributed by atoms with Gasteiger partial charge in [-0.25, -0.2) is 4.79 Å². The first kappa shape index (κ1) is 23.1. The van der Waals surface area contributed by atoms with E-state index in [4.69, 9.17) is 4.52 Å². The lowest BCUT2D eigenvalue weighted by Crippen LogP contribution is -2.37. The van der Waals surface area contributed by atoms with Crippen molar-refractivity contribution in [3.8, 4) is 11.8 Å². The summed E-state index contributed by atoms with van der Waals surface area (Å²) in [5, 5.41) is 12.8. The fourth-order valence-electron chi connectivity index (χ4n) is 3.38. The van der Waals surface area contributed by atoms with Crippen molar-refractivity contribution in [3.05, 3.63) is 66.6 Å². The first-order valence-electron chi connectivity index (χ1n) is 11.1. The molecule has 4 aromatic rings. The van der Waals surface area contributed by atoms with E-state index < -0.39 is 0 Å². The third-order valence-corrected chi connectivity index (χ3v) is 5.26. The van der Waals surface area contributed by atoms with Crippen molar-refractivity contribution in [2.75, 3.05) is 43.9 Å². The highest BCUT2D eigenvalue weighted by Crippen LogP contribution is 2.18. The van der Waals surface area contributed by atoms with Crippen LogP contribution in [-0.4, -0.2) is 68.4 Å². The van der Waals surface area contributed by atoms with Gasteiger partial charge in [-0.3, -0.25) is 4.57 Å². The second-order valence-electron chi connectivity index (χ2n) is 7.90. The van der Waals surface area contributed by atoms with Gasteiger partial charge < -0.3 is 29.9 Å². The summed E-state index contributed by atoms with van der Waals surface area (Å²) >= 11 is 0. The molecule has 11 heteroatoms. The van der Waals surface area contributed by atoms with Crippen LogP contribution < -0.4 is 16.0 Å². The van der Waals surface area contributed by atoms with Gasteiger partial charge in [-0.1, -0.05) is 5.16 Å². The molecule has 0 saturated heterocycles. The van der Waals surface area contributed by atoms with Crippen molar-refractivity contribution in [1.82, 2.24) is 34.5 Å². The number of urea groups is 1. The summed E-state index contributed by atoms with van der Waals surface area (Å²) in [6.07, 6.45) is 7.74. The average molecular weight is 464 g/mol. The highest BCUT2D eigenvalue weighted by atomic mass is 16.5. The Bertz CT molecular complexity index is 1130. The number of anilines is 2. The zero-order valence-electron chi connectivity index (χ0n) is 19.5. The lowest BCUT2D eigenvalue weighted by molar-refractivity contribution is 0.249. The number of hydrogen-bond donors (Lipinski definition) is 3. The van der Waals surface area contributed by atoms with Crippen molar-refractivity contribution < 1.29 is 9.32 Å². The number of aryl methyl sites for hydroxylation is 2. The lowest BCUT2D eigenvalue weighted by Gasteiger charge is -2.18. The summed E-state index contributed by atoms with van der Waals surface area (Å²) in [7, 11) is 2.01. The maximum atomic E-state index is 12.1. The van der Waals surface area contributed by atoms with Gasteiger partial charge in [0.2, 0.25) is 5.95 Å². The van der Waals surface area contributed by atoms with E-state index in [2.05, 4.69) is 36.0 Å². The van der Waals surface area contributed by atoms with E-state index in [1.54, 1.807) is 13.8 Å². The molecule has 0 saturated carbocycles. The predicted octanol–water partition coefficient (Wildman–Crippen LogP) is 2.83. The van der Waals surface area contributed by atoms with E-state index in [1.165, 1.54) is 0 Å². The molecule has 4 heterocycles. The Hall–Kier alpha value is -4.12. The fraction of sp³-hybridized carbons (Fsp3) is 0.304. The van der Waals surface area contributed by atoms with Crippen LogP contribution in [0.1, 0.15) is 11.5 Å². The fourth-order valence-corrected chi connectivity index (χ4v) is 3.38. The highest BCUT2D eigenvalue weighted by Gasteiger charge is 2.12. The number of rotatable bonds is 10.